The minimum absolute atomic E-state index is 0.941. The second-order valence-corrected chi connectivity index (χ2v) is 3.25. The maximum atomic E-state index is 4.38. The number of nitrogens with zero attached hydrogens (tertiary/aromatic N) is 1. The standard InChI is InChI=1S/C9H10N2S/c1-2-9-10-7-4-3-6(12)5-8(7)11-9/h3-5,12H,2H2,1H3,(H,10,11). The van der Waals surface area contributed by atoms with Crippen LogP contribution in [0.5, 0.6) is 0 Å². The van der Waals surface area contributed by atoms with Crippen molar-refractivity contribution < 1.29 is 0 Å². The fraction of sp³-hybridized carbons (Fsp3) is 0.222. The number of rotatable bonds is 1. The van der Waals surface area contributed by atoms with Crippen LogP contribution in [0.3, 0.4) is 0 Å². The third-order valence-corrected chi connectivity index (χ3v) is 2.13. The third kappa shape index (κ3) is 1.20. The van der Waals surface area contributed by atoms with Gasteiger partial charge in [-0.05, 0) is 18.2 Å². The second kappa shape index (κ2) is 2.83. The molecule has 0 aliphatic carbocycles. The number of imidazole rings is 1. The summed E-state index contributed by atoms with van der Waals surface area (Å²) in [6.07, 6.45) is 0.941. The molecule has 3 heteroatoms. The average molecular weight is 178 g/mol. The lowest BCUT2D eigenvalue weighted by Crippen LogP contribution is -1.79. The van der Waals surface area contributed by atoms with Gasteiger partial charge >= 0.3 is 0 Å². The van der Waals surface area contributed by atoms with Gasteiger partial charge in [-0.25, -0.2) is 4.98 Å². The first kappa shape index (κ1) is 7.68. The molecule has 0 fully saturated rings. The van der Waals surface area contributed by atoms with E-state index in [0.29, 0.717) is 0 Å². The summed E-state index contributed by atoms with van der Waals surface area (Å²) in [5, 5.41) is 0. The molecule has 12 heavy (non-hydrogen) atoms. The molecule has 0 saturated heterocycles. The second-order valence-electron chi connectivity index (χ2n) is 2.74. The molecule has 0 atom stereocenters. The van der Waals surface area contributed by atoms with Crippen molar-refractivity contribution >= 4 is 23.7 Å². The molecule has 2 nitrogen and oxygen atoms in total. The number of H-pyrrole nitrogens is 1. The van der Waals surface area contributed by atoms with E-state index in [2.05, 4.69) is 29.5 Å². The smallest absolute Gasteiger partial charge is 0.106 e. The van der Waals surface area contributed by atoms with Gasteiger partial charge in [-0.3, -0.25) is 0 Å². The van der Waals surface area contributed by atoms with Crippen LogP contribution in [-0.2, 0) is 6.42 Å². The van der Waals surface area contributed by atoms with E-state index < -0.39 is 0 Å². The van der Waals surface area contributed by atoms with Gasteiger partial charge in [-0.15, -0.1) is 12.6 Å². The highest BCUT2D eigenvalue weighted by Crippen LogP contribution is 2.15. The average Bonchev–Trinajstić information content (AvgIpc) is 2.46. The maximum absolute atomic E-state index is 4.38. The van der Waals surface area contributed by atoms with Crippen LogP contribution in [0, 0.1) is 0 Å². The Balaban J connectivity index is 2.67. The van der Waals surface area contributed by atoms with E-state index in [1.165, 1.54) is 0 Å². The van der Waals surface area contributed by atoms with Crippen molar-refractivity contribution in [1.29, 1.82) is 0 Å². The molecule has 62 valence electrons. The summed E-state index contributed by atoms with van der Waals surface area (Å²) < 4.78 is 0. The van der Waals surface area contributed by atoms with Crippen LogP contribution in [0.25, 0.3) is 11.0 Å². The predicted octanol–water partition coefficient (Wildman–Crippen LogP) is 2.41. The lowest BCUT2D eigenvalue weighted by molar-refractivity contribution is 1.00. The highest BCUT2D eigenvalue weighted by molar-refractivity contribution is 7.80. The van der Waals surface area contributed by atoms with Gasteiger partial charge < -0.3 is 4.98 Å². The summed E-state index contributed by atoms with van der Waals surface area (Å²) in [4.78, 5) is 8.58. The number of thiol groups is 1. The van der Waals surface area contributed by atoms with Crippen molar-refractivity contribution in [2.24, 2.45) is 0 Å². The van der Waals surface area contributed by atoms with Crippen LogP contribution < -0.4 is 0 Å². The predicted molar refractivity (Wildman–Crippen MR) is 52.7 cm³/mol. The van der Waals surface area contributed by atoms with E-state index >= 15 is 0 Å². The molecular formula is C9H10N2S. The van der Waals surface area contributed by atoms with Crippen molar-refractivity contribution in [2.75, 3.05) is 0 Å². The Kier molecular flexibility index (Phi) is 1.81. The lowest BCUT2D eigenvalue weighted by atomic mass is 10.3. The summed E-state index contributed by atoms with van der Waals surface area (Å²) in [5.74, 6) is 1.03. The molecule has 0 saturated carbocycles. The Morgan fingerprint density at radius 2 is 2.33 bits per heavy atom. The minimum Gasteiger partial charge on any atom is -0.342 e. The summed E-state index contributed by atoms with van der Waals surface area (Å²) in [7, 11) is 0. The molecule has 2 rings (SSSR count). The fourth-order valence-corrected chi connectivity index (χ4v) is 1.42. The van der Waals surface area contributed by atoms with Gasteiger partial charge in [0.05, 0.1) is 11.0 Å². The molecule has 1 aromatic carbocycles. The Morgan fingerprint density at radius 3 is 3.08 bits per heavy atom. The maximum Gasteiger partial charge on any atom is 0.106 e. The van der Waals surface area contributed by atoms with Gasteiger partial charge in [0.15, 0.2) is 0 Å². The summed E-state index contributed by atoms with van der Waals surface area (Å²) in [6, 6.07) is 5.92. The van der Waals surface area contributed by atoms with Crippen LogP contribution in [0.15, 0.2) is 23.1 Å². The van der Waals surface area contributed by atoms with E-state index in [1.54, 1.807) is 0 Å². The number of aromatic nitrogens is 2. The summed E-state index contributed by atoms with van der Waals surface area (Å²) in [5.41, 5.74) is 2.09. The summed E-state index contributed by atoms with van der Waals surface area (Å²) >= 11 is 4.25. The van der Waals surface area contributed by atoms with Crippen molar-refractivity contribution in [3.8, 4) is 0 Å². The number of aryl methyl sites for hydroxylation is 1. The van der Waals surface area contributed by atoms with Gasteiger partial charge in [0.1, 0.15) is 5.82 Å². The zero-order valence-electron chi connectivity index (χ0n) is 6.83. The van der Waals surface area contributed by atoms with Crippen molar-refractivity contribution in [3.63, 3.8) is 0 Å². The van der Waals surface area contributed by atoms with Crippen LogP contribution in [-0.4, -0.2) is 9.97 Å². The molecule has 0 radical (unpaired) electrons. The van der Waals surface area contributed by atoms with E-state index in [0.717, 1.165) is 28.2 Å². The Labute approximate surface area is 76.4 Å². The zero-order valence-corrected chi connectivity index (χ0v) is 7.73. The first-order valence-electron chi connectivity index (χ1n) is 3.97. The van der Waals surface area contributed by atoms with Crippen LogP contribution in [0.4, 0.5) is 0 Å². The van der Waals surface area contributed by atoms with Crippen molar-refractivity contribution in [1.82, 2.24) is 9.97 Å². The molecule has 0 bridgehead atoms. The van der Waals surface area contributed by atoms with Crippen LogP contribution in [0.1, 0.15) is 12.7 Å². The van der Waals surface area contributed by atoms with E-state index in [1.807, 2.05) is 18.2 Å². The van der Waals surface area contributed by atoms with Crippen LogP contribution >= 0.6 is 12.6 Å². The number of fused-ring (bicyclic) bond motifs is 1. The number of hydrogen-bond donors (Lipinski definition) is 2. The molecule has 2 aromatic rings. The molecule has 0 amide bonds. The van der Waals surface area contributed by atoms with E-state index in [9.17, 15) is 0 Å². The van der Waals surface area contributed by atoms with Gasteiger partial charge in [0.25, 0.3) is 0 Å². The van der Waals surface area contributed by atoms with Crippen molar-refractivity contribution in [3.05, 3.63) is 24.0 Å². The van der Waals surface area contributed by atoms with E-state index in [-0.39, 0.29) is 0 Å². The Hall–Kier alpha value is -0.960. The van der Waals surface area contributed by atoms with Gasteiger partial charge in [0, 0.05) is 11.3 Å². The SMILES string of the molecule is CCc1nc2ccc(S)cc2[nH]1. The Bertz CT molecular complexity index is 406. The first-order chi connectivity index (χ1) is 5.79. The lowest BCUT2D eigenvalue weighted by Gasteiger charge is -1.88. The third-order valence-electron chi connectivity index (χ3n) is 1.85. The first-order valence-corrected chi connectivity index (χ1v) is 4.42. The molecule has 1 N–H and O–H groups in total. The minimum atomic E-state index is 0.941. The number of hydrogen-bond acceptors (Lipinski definition) is 2. The highest BCUT2D eigenvalue weighted by atomic mass is 32.1. The molecule has 1 aromatic heterocycles. The fourth-order valence-electron chi connectivity index (χ4n) is 1.22. The number of nitrogens with one attached hydrogen (secondary N) is 1. The largest absolute Gasteiger partial charge is 0.342 e. The van der Waals surface area contributed by atoms with Crippen molar-refractivity contribution in [2.45, 2.75) is 18.2 Å². The molecule has 0 spiro atoms. The number of aromatic amines is 1. The quantitative estimate of drug-likeness (QED) is 0.645. The Morgan fingerprint density at radius 1 is 1.50 bits per heavy atom. The van der Waals surface area contributed by atoms with E-state index in [4.69, 9.17) is 0 Å². The monoisotopic (exact) mass is 178 g/mol. The summed E-state index contributed by atoms with van der Waals surface area (Å²) in [6.45, 7) is 2.08. The number of benzene rings is 1. The molecule has 0 aliphatic heterocycles. The highest BCUT2D eigenvalue weighted by Gasteiger charge is 1.99. The van der Waals surface area contributed by atoms with Crippen LogP contribution in [0.2, 0.25) is 0 Å². The van der Waals surface area contributed by atoms with Gasteiger partial charge in [0.2, 0.25) is 0 Å². The van der Waals surface area contributed by atoms with Gasteiger partial charge in [-0.1, -0.05) is 6.92 Å². The normalized spacial score (nSPS) is 10.8. The zero-order chi connectivity index (χ0) is 8.55. The molecule has 1 heterocycles. The van der Waals surface area contributed by atoms with Gasteiger partial charge in [-0.2, -0.15) is 0 Å². The topological polar surface area (TPSA) is 28.7 Å². The molecular weight excluding hydrogens is 168 g/mol. The molecule has 0 unspecified atom stereocenters. The molecule has 0 aliphatic rings.